The summed E-state index contributed by atoms with van der Waals surface area (Å²) in [5.41, 5.74) is 5.31. The average molecular weight is 297 g/mol. The molecule has 4 rings (SSSR count). The van der Waals surface area contributed by atoms with Crippen LogP contribution >= 0.6 is 0 Å². The van der Waals surface area contributed by atoms with E-state index in [0.29, 0.717) is 6.42 Å². The molecule has 0 aliphatic carbocycles. The molecule has 3 aromatic carbocycles. The first-order valence-electron chi connectivity index (χ1n) is 7.67. The van der Waals surface area contributed by atoms with Crippen molar-refractivity contribution in [1.29, 1.82) is 0 Å². The number of aldehydes is 1. The maximum Gasteiger partial charge on any atom is 0.124 e. The summed E-state index contributed by atoms with van der Waals surface area (Å²) in [6, 6.07) is 24.6. The van der Waals surface area contributed by atoms with Crippen molar-refractivity contribution < 1.29 is 4.79 Å². The van der Waals surface area contributed by atoms with Crippen LogP contribution in [0.1, 0.15) is 5.56 Å². The number of carbonyl (C=O) groups excluding carboxylic acids is 1. The van der Waals surface area contributed by atoms with E-state index in [1.54, 1.807) is 0 Å². The fraction of sp³-hybridized carbons (Fsp3) is 0.0476. The minimum atomic E-state index is 0.439. The molecule has 0 spiro atoms. The molecule has 0 unspecified atom stereocenters. The minimum Gasteiger partial charge on any atom is -0.303 e. The van der Waals surface area contributed by atoms with E-state index >= 15 is 0 Å². The van der Waals surface area contributed by atoms with Gasteiger partial charge in [0.1, 0.15) is 6.29 Å². The molecular weight excluding hydrogens is 282 g/mol. The number of hydrogen-bond donors (Lipinski definition) is 0. The number of nitrogens with zero attached hydrogens (tertiary/aromatic N) is 1. The van der Waals surface area contributed by atoms with Gasteiger partial charge < -0.3 is 4.79 Å². The smallest absolute Gasteiger partial charge is 0.124 e. The minimum absolute atomic E-state index is 0.439. The fourth-order valence-corrected chi connectivity index (χ4v) is 3.10. The lowest BCUT2D eigenvalue weighted by molar-refractivity contribution is -0.107. The van der Waals surface area contributed by atoms with Crippen LogP contribution in [0.25, 0.3) is 32.9 Å². The summed E-state index contributed by atoms with van der Waals surface area (Å²) in [5, 5.41) is 2.27. The van der Waals surface area contributed by atoms with Crippen molar-refractivity contribution in [2.24, 2.45) is 0 Å². The Labute approximate surface area is 134 Å². The highest BCUT2D eigenvalue weighted by molar-refractivity contribution is 6.09. The van der Waals surface area contributed by atoms with E-state index in [0.717, 1.165) is 39.2 Å². The van der Waals surface area contributed by atoms with Crippen molar-refractivity contribution in [2.45, 2.75) is 6.42 Å². The molecule has 0 aliphatic heterocycles. The van der Waals surface area contributed by atoms with Crippen molar-refractivity contribution in [3.63, 3.8) is 0 Å². The summed E-state index contributed by atoms with van der Waals surface area (Å²) in [6.45, 7) is 0. The normalized spacial score (nSPS) is 11.0. The summed E-state index contributed by atoms with van der Waals surface area (Å²) in [6.07, 6.45) is 1.39. The number of benzene rings is 3. The highest BCUT2D eigenvalue weighted by Crippen LogP contribution is 2.34. The molecule has 0 aliphatic rings. The molecule has 1 heterocycles. The molecular formula is C21H15NO. The van der Waals surface area contributed by atoms with Gasteiger partial charge >= 0.3 is 0 Å². The first-order valence-corrected chi connectivity index (χ1v) is 7.67. The second-order valence-electron chi connectivity index (χ2n) is 5.59. The maximum atomic E-state index is 10.8. The van der Waals surface area contributed by atoms with E-state index in [2.05, 4.69) is 24.3 Å². The van der Waals surface area contributed by atoms with Gasteiger partial charge in [-0.15, -0.1) is 0 Å². The second kappa shape index (κ2) is 5.65. The van der Waals surface area contributed by atoms with Gasteiger partial charge in [0.2, 0.25) is 0 Å². The number of fused-ring (bicyclic) bond motifs is 2. The molecule has 4 aromatic rings. The predicted octanol–water partition coefficient (Wildman–Crippen LogP) is 4.80. The standard InChI is InChI=1S/C21H15NO/c23-13-12-15-6-5-7-16(14-15)21-17-8-1-3-10-19(17)22-20-11-4-2-9-18(20)21/h1-11,13-14H,12H2. The van der Waals surface area contributed by atoms with E-state index in [9.17, 15) is 4.79 Å². The van der Waals surface area contributed by atoms with Crippen LogP contribution < -0.4 is 0 Å². The molecule has 0 bridgehead atoms. The molecule has 0 saturated heterocycles. The molecule has 0 radical (unpaired) electrons. The second-order valence-corrected chi connectivity index (χ2v) is 5.59. The molecule has 1 aromatic heterocycles. The van der Waals surface area contributed by atoms with Crippen molar-refractivity contribution in [1.82, 2.24) is 4.98 Å². The Kier molecular flexibility index (Phi) is 3.35. The molecule has 110 valence electrons. The van der Waals surface area contributed by atoms with E-state index < -0.39 is 0 Å². The monoisotopic (exact) mass is 297 g/mol. The third kappa shape index (κ3) is 2.38. The molecule has 0 atom stereocenters. The molecule has 2 heteroatoms. The highest BCUT2D eigenvalue weighted by Gasteiger charge is 2.10. The maximum absolute atomic E-state index is 10.8. The molecule has 0 amide bonds. The Balaban J connectivity index is 2.10. The lowest BCUT2D eigenvalue weighted by atomic mass is 9.94. The SMILES string of the molecule is O=CCc1cccc(-c2c3ccccc3nc3ccccc23)c1. The molecule has 2 nitrogen and oxygen atoms in total. The predicted molar refractivity (Wildman–Crippen MR) is 94.5 cm³/mol. The lowest BCUT2D eigenvalue weighted by Crippen LogP contribution is -1.91. The van der Waals surface area contributed by atoms with Crippen molar-refractivity contribution in [2.75, 3.05) is 0 Å². The van der Waals surface area contributed by atoms with Gasteiger partial charge in [0.25, 0.3) is 0 Å². The van der Waals surface area contributed by atoms with Crippen LogP contribution in [-0.4, -0.2) is 11.3 Å². The molecule has 0 N–H and O–H groups in total. The first kappa shape index (κ1) is 13.6. The summed E-state index contributed by atoms with van der Waals surface area (Å²) >= 11 is 0. The summed E-state index contributed by atoms with van der Waals surface area (Å²) in [5.74, 6) is 0. The van der Waals surface area contributed by atoms with Crippen molar-refractivity contribution in [3.8, 4) is 11.1 Å². The van der Waals surface area contributed by atoms with Gasteiger partial charge in [0.15, 0.2) is 0 Å². The molecule has 23 heavy (non-hydrogen) atoms. The van der Waals surface area contributed by atoms with Crippen LogP contribution in [-0.2, 0) is 11.2 Å². The largest absolute Gasteiger partial charge is 0.303 e. The number of para-hydroxylation sites is 2. The third-order valence-corrected chi connectivity index (χ3v) is 4.12. The van der Waals surface area contributed by atoms with E-state index in [-0.39, 0.29) is 0 Å². The number of aromatic nitrogens is 1. The van der Waals surface area contributed by atoms with Gasteiger partial charge in [0.05, 0.1) is 11.0 Å². The zero-order chi connectivity index (χ0) is 15.6. The summed E-state index contributed by atoms with van der Waals surface area (Å²) < 4.78 is 0. The van der Waals surface area contributed by atoms with Crippen molar-refractivity contribution >= 4 is 28.1 Å². The van der Waals surface area contributed by atoms with Crippen LogP contribution in [0, 0.1) is 0 Å². The number of hydrogen-bond acceptors (Lipinski definition) is 2. The van der Waals surface area contributed by atoms with E-state index in [4.69, 9.17) is 4.98 Å². The quantitative estimate of drug-likeness (QED) is 0.402. The zero-order valence-corrected chi connectivity index (χ0v) is 12.6. The number of carbonyl (C=O) groups is 1. The summed E-state index contributed by atoms with van der Waals surface area (Å²) in [7, 11) is 0. The van der Waals surface area contributed by atoms with Gasteiger partial charge in [-0.25, -0.2) is 4.98 Å². The lowest BCUT2D eigenvalue weighted by Gasteiger charge is -2.12. The van der Waals surface area contributed by atoms with Crippen LogP contribution in [0.3, 0.4) is 0 Å². The van der Waals surface area contributed by atoms with Crippen LogP contribution in [0.2, 0.25) is 0 Å². The third-order valence-electron chi connectivity index (χ3n) is 4.12. The van der Waals surface area contributed by atoms with Gasteiger partial charge in [-0.3, -0.25) is 0 Å². The highest BCUT2D eigenvalue weighted by atomic mass is 16.1. The average Bonchev–Trinajstić information content (AvgIpc) is 2.60. The van der Waals surface area contributed by atoms with Crippen LogP contribution in [0.4, 0.5) is 0 Å². The summed E-state index contributed by atoms with van der Waals surface area (Å²) in [4.78, 5) is 15.6. The molecule has 0 fully saturated rings. The van der Waals surface area contributed by atoms with Crippen LogP contribution in [0.15, 0.2) is 72.8 Å². The fourth-order valence-electron chi connectivity index (χ4n) is 3.10. The van der Waals surface area contributed by atoms with Crippen LogP contribution in [0.5, 0.6) is 0 Å². The van der Waals surface area contributed by atoms with E-state index in [1.165, 1.54) is 5.56 Å². The number of rotatable bonds is 3. The van der Waals surface area contributed by atoms with Gasteiger partial charge in [0, 0.05) is 22.8 Å². The molecule has 0 saturated carbocycles. The Morgan fingerprint density at radius 1 is 0.783 bits per heavy atom. The first-order chi connectivity index (χ1) is 11.4. The van der Waals surface area contributed by atoms with Crippen molar-refractivity contribution in [3.05, 3.63) is 78.4 Å². The Morgan fingerprint density at radius 2 is 1.43 bits per heavy atom. The van der Waals surface area contributed by atoms with Gasteiger partial charge in [-0.05, 0) is 23.3 Å². The van der Waals surface area contributed by atoms with Gasteiger partial charge in [-0.2, -0.15) is 0 Å². The Morgan fingerprint density at radius 3 is 2.09 bits per heavy atom. The topological polar surface area (TPSA) is 30.0 Å². The zero-order valence-electron chi connectivity index (χ0n) is 12.6. The van der Waals surface area contributed by atoms with Gasteiger partial charge in [-0.1, -0.05) is 60.7 Å². The Bertz CT molecular complexity index is 966. The van der Waals surface area contributed by atoms with E-state index in [1.807, 2.05) is 48.5 Å². The number of pyridine rings is 1. The Hall–Kier alpha value is -3.00.